The van der Waals surface area contributed by atoms with Crippen LogP contribution in [0.4, 0.5) is 10.5 Å². The Morgan fingerprint density at radius 1 is 0.967 bits per heavy atom. The topological polar surface area (TPSA) is 96.3 Å². The predicted molar refractivity (Wildman–Crippen MR) is 115 cm³/mol. The quantitative estimate of drug-likeness (QED) is 0.699. The second-order valence-corrected chi connectivity index (χ2v) is 7.35. The molecule has 0 radical (unpaired) electrons. The average molecular weight is 405 g/mol. The molecule has 0 aliphatic carbocycles. The number of nitrogens with one attached hydrogen (secondary N) is 2. The molecule has 2 heterocycles. The molecular weight excluding hydrogens is 382 g/mol. The third kappa shape index (κ3) is 4.03. The van der Waals surface area contributed by atoms with Crippen LogP contribution in [-0.4, -0.2) is 45.8 Å². The summed E-state index contributed by atoms with van der Waals surface area (Å²) in [6, 6.07) is 16.1. The molecule has 154 valence electrons. The standard InChI is InChI=1S/C22H23N5O3/c1-26-21(29)18-10-6-5-9-17(18)19(25-26)20(28)23-16-11-13-27(14-12-16)22(30)24-15-7-3-2-4-8-15/h2-10,16H,11-14H2,1H3,(H,23,28)(H,24,30). The van der Waals surface area contributed by atoms with Crippen molar-refractivity contribution in [1.29, 1.82) is 0 Å². The van der Waals surface area contributed by atoms with Gasteiger partial charge in [0, 0.05) is 37.3 Å². The van der Waals surface area contributed by atoms with Gasteiger partial charge < -0.3 is 15.5 Å². The van der Waals surface area contributed by atoms with Crippen LogP contribution in [0.15, 0.2) is 59.4 Å². The van der Waals surface area contributed by atoms with Gasteiger partial charge in [-0.2, -0.15) is 5.10 Å². The molecule has 1 aliphatic rings. The van der Waals surface area contributed by atoms with Gasteiger partial charge in [-0.1, -0.05) is 36.4 Å². The lowest BCUT2D eigenvalue weighted by molar-refractivity contribution is 0.0914. The third-order valence-electron chi connectivity index (χ3n) is 5.31. The zero-order valence-corrected chi connectivity index (χ0v) is 16.7. The molecule has 2 N–H and O–H groups in total. The maximum Gasteiger partial charge on any atom is 0.321 e. The van der Waals surface area contributed by atoms with Crippen molar-refractivity contribution in [3.05, 3.63) is 70.6 Å². The summed E-state index contributed by atoms with van der Waals surface area (Å²) in [6.07, 6.45) is 1.30. The molecule has 1 saturated heterocycles. The fourth-order valence-electron chi connectivity index (χ4n) is 3.67. The van der Waals surface area contributed by atoms with E-state index in [1.165, 1.54) is 11.7 Å². The van der Waals surface area contributed by atoms with Crippen LogP contribution in [-0.2, 0) is 7.05 Å². The molecule has 0 unspecified atom stereocenters. The molecule has 8 heteroatoms. The molecule has 2 aromatic carbocycles. The van der Waals surface area contributed by atoms with Gasteiger partial charge >= 0.3 is 6.03 Å². The van der Waals surface area contributed by atoms with Gasteiger partial charge in [0.2, 0.25) is 0 Å². The zero-order chi connectivity index (χ0) is 21.1. The Hall–Kier alpha value is -3.68. The number of piperidine rings is 1. The Morgan fingerprint density at radius 3 is 2.30 bits per heavy atom. The van der Waals surface area contributed by atoms with Crippen LogP contribution in [0.2, 0.25) is 0 Å². The highest BCUT2D eigenvalue weighted by Gasteiger charge is 2.25. The SMILES string of the molecule is Cn1nc(C(=O)NC2CCN(C(=O)Nc3ccccc3)CC2)c2ccccc2c1=O. The lowest BCUT2D eigenvalue weighted by Crippen LogP contribution is -2.48. The molecule has 3 amide bonds. The summed E-state index contributed by atoms with van der Waals surface area (Å²) in [5.74, 6) is -0.311. The Kier molecular flexibility index (Phi) is 5.47. The van der Waals surface area contributed by atoms with Crippen molar-refractivity contribution < 1.29 is 9.59 Å². The maximum atomic E-state index is 12.9. The van der Waals surface area contributed by atoms with Crippen LogP contribution in [0.5, 0.6) is 0 Å². The second kappa shape index (κ2) is 8.36. The van der Waals surface area contributed by atoms with Gasteiger partial charge in [-0.3, -0.25) is 9.59 Å². The van der Waals surface area contributed by atoms with E-state index in [0.29, 0.717) is 36.7 Å². The zero-order valence-electron chi connectivity index (χ0n) is 16.7. The average Bonchev–Trinajstić information content (AvgIpc) is 2.77. The first-order valence-corrected chi connectivity index (χ1v) is 9.91. The first-order valence-electron chi connectivity index (χ1n) is 9.91. The molecule has 1 fully saturated rings. The number of para-hydroxylation sites is 1. The van der Waals surface area contributed by atoms with Gasteiger partial charge in [-0.15, -0.1) is 0 Å². The number of amides is 3. The Bertz CT molecular complexity index is 1130. The molecule has 0 saturated carbocycles. The lowest BCUT2D eigenvalue weighted by atomic mass is 10.0. The van der Waals surface area contributed by atoms with Crippen LogP contribution in [0.25, 0.3) is 10.8 Å². The molecule has 3 aromatic rings. The van der Waals surface area contributed by atoms with Crippen LogP contribution < -0.4 is 16.2 Å². The predicted octanol–water partition coefficient (Wildman–Crippen LogP) is 2.36. The van der Waals surface area contributed by atoms with E-state index >= 15 is 0 Å². The van der Waals surface area contributed by atoms with Gasteiger partial charge in [0.1, 0.15) is 0 Å². The number of urea groups is 1. The summed E-state index contributed by atoms with van der Waals surface area (Å²) in [5, 5.41) is 11.1. The highest BCUT2D eigenvalue weighted by Crippen LogP contribution is 2.16. The van der Waals surface area contributed by atoms with Crippen LogP contribution in [0.3, 0.4) is 0 Å². The normalized spacial score (nSPS) is 14.5. The maximum absolute atomic E-state index is 12.9. The van der Waals surface area contributed by atoms with E-state index in [1.807, 2.05) is 30.3 Å². The molecule has 30 heavy (non-hydrogen) atoms. The van der Waals surface area contributed by atoms with Crippen molar-refractivity contribution in [1.82, 2.24) is 20.0 Å². The Labute approximate surface area is 173 Å². The van der Waals surface area contributed by atoms with Gasteiger partial charge in [0.25, 0.3) is 11.5 Å². The minimum Gasteiger partial charge on any atom is -0.348 e. The number of hydrogen-bond donors (Lipinski definition) is 2. The van der Waals surface area contributed by atoms with Crippen LogP contribution in [0, 0.1) is 0 Å². The largest absolute Gasteiger partial charge is 0.348 e. The molecule has 1 aliphatic heterocycles. The van der Waals surface area contributed by atoms with Gasteiger partial charge in [0.15, 0.2) is 5.69 Å². The molecule has 0 spiro atoms. The molecule has 1 aromatic heterocycles. The number of carbonyl (C=O) groups is 2. The van der Waals surface area contributed by atoms with Crippen LogP contribution in [0.1, 0.15) is 23.3 Å². The molecule has 0 bridgehead atoms. The number of likely N-dealkylation sites (tertiary alicyclic amines) is 1. The number of nitrogens with zero attached hydrogens (tertiary/aromatic N) is 3. The molecule has 8 nitrogen and oxygen atoms in total. The highest BCUT2D eigenvalue weighted by molar-refractivity contribution is 6.04. The van der Waals surface area contributed by atoms with Crippen molar-refractivity contribution >= 4 is 28.4 Å². The second-order valence-electron chi connectivity index (χ2n) is 7.35. The van der Waals surface area contributed by atoms with Crippen molar-refractivity contribution in [3.8, 4) is 0 Å². The van der Waals surface area contributed by atoms with E-state index < -0.39 is 0 Å². The number of rotatable bonds is 3. The van der Waals surface area contributed by atoms with Crippen molar-refractivity contribution in [2.75, 3.05) is 18.4 Å². The van der Waals surface area contributed by atoms with E-state index in [4.69, 9.17) is 0 Å². The monoisotopic (exact) mass is 405 g/mol. The fraction of sp³-hybridized carbons (Fsp3) is 0.273. The van der Waals surface area contributed by atoms with E-state index in [0.717, 1.165) is 5.69 Å². The summed E-state index contributed by atoms with van der Waals surface area (Å²) in [5.41, 5.74) is 0.752. The summed E-state index contributed by atoms with van der Waals surface area (Å²) >= 11 is 0. The Morgan fingerprint density at radius 2 is 1.60 bits per heavy atom. The summed E-state index contributed by atoms with van der Waals surface area (Å²) in [7, 11) is 1.54. The number of aryl methyl sites for hydroxylation is 1. The number of benzene rings is 2. The number of aromatic nitrogens is 2. The minimum absolute atomic E-state index is 0.0592. The van der Waals surface area contributed by atoms with Crippen molar-refractivity contribution in [2.45, 2.75) is 18.9 Å². The number of fused-ring (bicyclic) bond motifs is 1. The fourth-order valence-corrected chi connectivity index (χ4v) is 3.67. The van der Waals surface area contributed by atoms with Crippen LogP contribution >= 0.6 is 0 Å². The molecular formula is C22H23N5O3. The highest BCUT2D eigenvalue weighted by atomic mass is 16.2. The molecule has 0 atom stereocenters. The van der Waals surface area contributed by atoms with E-state index in [2.05, 4.69) is 15.7 Å². The van der Waals surface area contributed by atoms with Gasteiger partial charge in [-0.05, 0) is 31.0 Å². The minimum atomic E-state index is -0.311. The van der Waals surface area contributed by atoms with E-state index in [1.54, 1.807) is 29.2 Å². The first kappa shape index (κ1) is 19.6. The van der Waals surface area contributed by atoms with Crippen molar-refractivity contribution in [3.63, 3.8) is 0 Å². The first-order chi connectivity index (χ1) is 14.5. The summed E-state index contributed by atoms with van der Waals surface area (Å²) in [6.45, 7) is 1.09. The smallest absolute Gasteiger partial charge is 0.321 e. The number of anilines is 1. The summed E-state index contributed by atoms with van der Waals surface area (Å²) in [4.78, 5) is 39.3. The van der Waals surface area contributed by atoms with Crippen molar-refractivity contribution in [2.24, 2.45) is 7.05 Å². The Balaban J connectivity index is 1.39. The van der Waals surface area contributed by atoms with E-state index in [9.17, 15) is 14.4 Å². The number of hydrogen-bond acceptors (Lipinski definition) is 4. The van der Waals surface area contributed by atoms with Gasteiger partial charge in [-0.25, -0.2) is 9.48 Å². The third-order valence-corrected chi connectivity index (χ3v) is 5.31. The van der Waals surface area contributed by atoms with E-state index in [-0.39, 0.29) is 29.2 Å². The molecule has 4 rings (SSSR count). The summed E-state index contributed by atoms with van der Waals surface area (Å²) < 4.78 is 1.19. The number of carbonyl (C=O) groups excluding carboxylic acids is 2. The lowest BCUT2D eigenvalue weighted by Gasteiger charge is -2.32. The van der Waals surface area contributed by atoms with Gasteiger partial charge in [0.05, 0.1) is 5.39 Å².